The first kappa shape index (κ1) is 23.2. The van der Waals surface area contributed by atoms with Crippen molar-refractivity contribution in [3.8, 4) is 11.5 Å². The Morgan fingerprint density at radius 2 is 2.06 bits per heavy atom. The lowest BCUT2D eigenvalue weighted by molar-refractivity contribution is -0.139. The molecule has 3 aliphatic rings. The average molecular weight is 479 g/mol. The molecule has 8 heteroatoms. The number of methoxy groups -OCH3 is 1. The van der Waals surface area contributed by atoms with E-state index in [0.717, 1.165) is 30.8 Å². The molecule has 2 aromatic rings. The third-order valence-electron chi connectivity index (χ3n) is 7.26. The monoisotopic (exact) mass is 478 g/mol. The van der Waals surface area contributed by atoms with Gasteiger partial charge in [0.25, 0.3) is 0 Å². The number of hydrogen-bond acceptors (Lipinski definition) is 6. The lowest BCUT2D eigenvalue weighted by Crippen LogP contribution is -2.46. The van der Waals surface area contributed by atoms with Gasteiger partial charge in [-0.05, 0) is 43.3 Å². The van der Waals surface area contributed by atoms with Crippen LogP contribution in [0.15, 0.2) is 54.6 Å². The predicted molar refractivity (Wildman–Crippen MR) is 129 cm³/mol. The van der Waals surface area contributed by atoms with E-state index in [4.69, 9.17) is 14.2 Å². The molecule has 0 bridgehead atoms. The van der Waals surface area contributed by atoms with Crippen LogP contribution in [-0.2, 0) is 27.9 Å². The van der Waals surface area contributed by atoms with Gasteiger partial charge in [-0.1, -0.05) is 42.5 Å². The minimum Gasteiger partial charge on any atom is -0.493 e. The normalized spacial score (nSPS) is 25.4. The Hall–Kier alpha value is -3.52. The van der Waals surface area contributed by atoms with Crippen LogP contribution in [0.1, 0.15) is 29.5 Å². The number of carbonyl (C=O) groups is 2. The van der Waals surface area contributed by atoms with Crippen molar-refractivity contribution in [1.82, 2.24) is 10.2 Å². The third-order valence-corrected chi connectivity index (χ3v) is 7.26. The molecule has 35 heavy (non-hydrogen) atoms. The SMILES string of the molecule is COc1ccc2c3c1O[C@H]1C[C@@H](OC(=O)N[C@@H](Cc4ccccc4)C(=O)O)C=CC31CCN(C)C2. The van der Waals surface area contributed by atoms with Crippen molar-refractivity contribution >= 4 is 12.1 Å². The molecule has 0 aromatic heterocycles. The lowest BCUT2D eigenvalue weighted by Gasteiger charge is -2.36. The molecule has 5 rings (SSSR count). The Morgan fingerprint density at radius 3 is 2.80 bits per heavy atom. The fourth-order valence-electron chi connectivity index (χ4n) is 5.52. The number of benzene rings is 2. The van der Waals surface area contributed by atoms with Gasteiger partial charge in [-0.3, -0.25) is 0 Å². The van der Waals surface area contributed by atoms with E-state index in [2.05, 4.69) is 29.4 Å². The number of rotatable bonds is 6. The smallest absolute Gasteiger partial charge is 0.408 e. The molecule has 2 heterocycles. The minimum absolute atomic E-state index is 0.173. The second-order valence-electron chi connectivity index (χ2n) is 9.53. The van der Waals surface area contributed by atoms with Crippen LogP contribution in [0.2, 0.25) is 0 Å². The Labute approximate surface area is 204 Å². The standard InChI is InChI=1S/C27H30N2O6/c1-29-13-12-27-11-10-19(15-22(27)35-24-21(33-2)9-8-18(16-29)23(24)27)34-26(32)28-20(25(30)31)14-17-6-4-3-5-7-17/h3-11,19-20,22H,12-16H2,1-2H3,(H,28,32)(H,30,31)/t19-,20-,22-,27?/m0/s1. The zero-order chi connectivity index (χ0) is 24.6. The number of amides is 1. The minimum atomic E-state index is -1.11. The zero-order valence-electron chi connectivity index (χ0n) is 19.9. The third kappa shape index (κ3) is 4.34. The van der Waals surface area contributed by atoms with Crippen molar-refractivity contribution in [3.05, 3.63) is 71.3 Å². The Bertz CT molecular complexity index is 1150. The number of nitrogens with zero attached hydrogens (tertiary/aromatic N) is 1. The highest BCUT2D eigenvalue weighted by Gasteiger charge is 2.53. The number of nitrogens with one attached hydrogen (secondary N) is 1. The summed E-state index contributed by atoms with van der Waals surface area (Å²) in [5.41, 5.74) is 2.89. The van der Waals surface area contributed by atoms with Crippen molar-refractivity contribution in [2.45, 2.75) is 49.5 Å². The second-order valence-corrected chi connectivity index (χ2v) is 9.53. The molecule has 0 radical (unpaired) electrons. The molecule has 1 amide bonds. The highest BCUT2D eigenvalue weighted by atomic mass is 16.6. The highest BCUT2D eigenvalue weighted by Crippen LogP contribution is 2.55. The van der Waals surface area contributed by atoms with Gasteiger partial charge < -0.3 is 29.5 Å². The average Bonchev–Trinajstić information content (AvgIpc) is 3.10. The van der Waals surface area contributed by atoms with Gasteiger partial charge >= 0.3 is 12.1 Å². The maximum absolute atomic E-state index is 12.6. The van der Waals surface area contributed by atoms with Crippen molar-refractivity contribution in [1.29, 1.82) is 0 Å². The van der Waals surface area contributed by atoms with Gasteiger partial charge in [-0.25, -0.2) is 9.59 Å². The summed E-state index contributed by atoms with van der Waals surface area (Å²) in [6.45, 7) is 1.74. The number of ether oxygens (including phenoxy) is 3. The summed E-state index contributed by atoms with van der Waals surface area (Å²) in [5, 5.41) is 12.1. The first-order chi connectivity index (χ1) is 16.9. The fraction of sp³-hybridized carbons (Fsp3) is 0.407. The molecule has 2 aliphatic heterocycles. The molecule has 184 valence electrons. The molecule has 0 saturated carbocycles. The summed E-state index contributed by atoms with van der Waals surface area (Å²) < 4.78 is 17.7. The van der Waals surface area contributed by atoms with Crippen LogP contribution in [0.25, 0.3) is 0 Å². The highest BCUT2D eigenvalue weighted by molar-refractivity contribution is 5.80. The van der Waals surface area contributed by atoms with E-state index >= 15 is 0 Å². The van der Waals surface area contributed by atoms with E-state index < -0.39 is 24.2 Å². The molecule has 1 spiro atoms. The summed E-state index contributed by atoms with van der Waals surface area (Å²) in [7, 11) is 3.75. The van der Waals surface area contributed by atoms with E-state index in [1.54, 1.807) is 7.11 Å². The summed E-state index contributed by atoms with van der Waals surface area (Å²) in [6, 6.07) is 12.2. The van der Waals surface area contributed by atoms with Gasteiger partial charge in [0.2, 0.25) is 0 Å². The Balaban J connectivity index is 1.32. The summed E-state index contributed by atoms with van der Waals surface area (Å²) in [6.07, 6.45) is 4.07. The quantitative estimate of drug-likeness (QED) is 0.615. The van der Waals surface area contributed by atoms with Crippen LogP contribution in [0.3, 0.4) is 0 Å². The fourth-order valence-corrected chi connectivity index (χ4v) is 5.52. The molecule has 1 aliphatic carbocycles. The molecular formula is C27H30N2O6. The second kappa shape index (κ2) is 9.26. The maximum Gasteiger partial charge on any atom is 0.408 e. The van der Waals surface area contributed by atoms with Crippen molar-refractivity contribution in [3.63, 3.8) is 0 Å². The molecule has 2 aromatic carbocycles. The maximum atomic E-state index is 12.6. The van der Waals surface area contributed by atoms with Crippen LogP contribution in [0.4, 0.5) is 4.79 Å². The van der Waals surface area contributed by atoms with Crippen LogP contribution < -0.4 is 14.8 Å². The largest absolute Gasteiger partial charge is 0.493 e. The van der Waals surface area contributed by atoms with Gasteiger partial charge in [0.1, 0.15) is 18.2 Å². The number of carbonyl (C=O) groups excluding carboxylic acids is 1. The van der Waals surface area contributed by atoms with Gasteiger partial charge in [-0.15, -0.1) is 0 Å². The summed E-state index contributed by atoms with van der Waals surface area (Å²) in [4.78, 5) is 26.7. The van der Waals surface area contributed by atoms with Crippen LogP contribution in [0, 0.1) is 0 Å². The van der Waals surface area contributed by atoms with Gasteiger partial charge in [-0.2, -0.15) is 0 Å². The van der Waals surface area contributed by atoms with E-state index in [-0.39, 0.29) is 17.9 Å². The van der Waals surface area contributed by atoms with Crippen LogP contribution >= 0.6 is 0 Å². The van der Waals surface area contributed by atoms with E-state index in [9.17, 15) is 14.7 Å². The first-order valence-corrected chi connectivity index (χ1v) is 11.9. The lowest BCUT2D eigenvalue weighted by atomic mass is 9.69. The molecule has 1 unspecified atom stereocenters. The van der Waals surface area contributed by atoms with E-state index in [1.165, 1.54) is 11.1 Å². The summed E-state index contributed by atoms with van der Waals surface area (Å²) in [5.74, 6) is 0.366. The number of hydrogen-bond donors (Lipinski definition) is 2. The van der Waals surface area contributed by atoms with Gasteiger partial charge in [0.15, 0.2) is 11.5 Å². The van der Waals surface area contributed by atoms with Gasteiger partial charge in [0, 0.05) is 24.9 Å². The van der Waals surface area contributed by atoms with Gasteiger partial charge in [0.05, 0.1) is 12.5 Å². The number of carboxylic acids is 1. The molecule has 4 atom stereocenters. The zero-order valence-corrected chi connectivity index (χ0v) is 19.9. The Morgan fingerprint density at radius 1 is 1.26 bits per heavy atom. The van der Waals surface area contributed by atoms with Crippen LogP contribution in [-0.4, -0.2) is 61.0 Å². The van der Waals surface area contributed by atoms with E-state index in [1.807, 2.05) is 42.5 Å². The number of aliphatic carboxylic acids is 1. The molecule has 0 fully saturated rings. The van der Waals surface area contributed by atoms with Crippen molar-refractivity contribution in [2.24, 2.45) is 0 Å². The summed E-state index contributed by atoms with van der Waals surface area (Å²) >= 11 is 0. The number of carboxylic acid groups (broad SMARTS) is 1. The Kier molecular flexibility index (Phi) is 6.15. The van der Waals surface area contributed by atoms with Crippen LogP contribution in [0.5, 0.6) is 11.5 Å². The molecule has 2 N–H and O–H groups in total. The molecule has 8 nitrogen and oxygen atoms in total. The molecule has 0 saturated heterocycles. The topological polar surface area (TPSA) is 97.3 Å². The van der Waals surface area contributed by atoms with E-state index in [0.29, 0.717) is 12.2 Å². The predicted octanol–water partition coefficient (Wildman–Crippen LogP) is 3.28. The van der Waals surface area contributed by atoms with Crippen molar-refractivity contribution < 1.29 is 28.9 Å². The first-order valence-electron chi connectivity index (χ1n) is 11.9. The van der Waals surface area contributed by atoms with Crippen molar-refractivity contribution in [2.75, 3.05) is 20.7 Å². The molecular weight excluding hydrogens is 448 g/mol. The number of alkyl carbamates (subject to hydrolysis) is 1.